The normalized spacial score (nSPS) is 45.1. The number of aromatic hydroxyl groups is 1. The van der Waals surface area contributed by atoms with Crippen molar-refractivity contribution in [2.75, 3.05) is 20.7 Å². The van der Waals surface area contributed by atoms with Crippen LogP contribution >= 0.6 is 0 Å². The molecule has 0 unspecified atom stereocenters. The fourth-order valence-electron chi connectivity index (χ4n) is 8.04. The van der Waals surface area contributed by atoms with Crippen molar-refractivity contribution in [3.05, 3.63) is 35.4 Å². The molecule has 1 saturated carbocycles. The minimum atomic E-state index is -0.458. The number of phenols is 1. The first-order valence-corrected chi connectivity index (χ1v) is 10.7. The highest BCUT2D eigenvalue weighted by Crippen LogP contribution is 2.75. The molecule has 2 aliphatic heterocycles. The molecule has 1 aromatic carbocycles. The third-order valence-corrected chi connectivity index (χ3v) is 9.12. The molecule has 4 aliphatic carbocycles. The molecule has 4 bridgehead atoms. The van der Waals surface area contributed by atoms with Gasteiger partial charge >= 0.3 is 0 Å². The van der Waals surface area contributed by atoms with E-state index in [2.05, 4.69) is 50.9 Å². The van der Waals surface area contributed by atoms with E-state index >= 15 is 0 Å². The van der Waals surface area contributed by atoms with Crippen molar-refractivity contribution in [3.63, 3.8) is 0 Å². The first-order chi connectivity index (χ1) is 13.2. The second-order valence-electron chi connectivity index (χ2n) is 10.9. The van der Waals surface area contributed by atoms with Crippen molar-refractivity contribution in [2.24, 2.45) is 16.7 Å². The smallest absolute Gasteiger partial charge is 0.165 e. The van der Waals surface area contributed by atoms with Gasteiger partial charge in [0, 0.05) is 30.0 Å². The highest BCUT2D eigenvalue weighted by atomic mass is 16.6. The summed E-state index contributed by atoms with van der Waals surface area (Å²) in [5.41, 5.74) is 2.23. The van der Waals surface area contributed by atoms with E-state index in [1.807, 2.05) is 13.2 Å². The Hall–Kier alpha value is -1.52. The van der Waals surface area contributed by atoms with Crippen LogP contribution in [0.3, 0.4) is 0 Å². The predicted octanol–water partition coefficient (Wildman–Crippen LogP) is 3.66. The molecule has 1 aromatic rings. The van der Waals surface area contributed by atoms with Crippen molar-refractivity contribution >= 4 is 0 Å². The molecule has 0 radical (unpaired) electrons. The zero-order chi connectivity index (χ0) is 19.7. The number of nitrogens with zero attached hydrogens (tertiary/aromatic N) is 1. The standard InChI is InChI=1S/C24H31NO3/c1-21(2,3)16-13-22-8-9-24(16,27-5)20-23(22)10-11-25(4)17(22)12-14-6-7-15(26)19(28-20)18(14)23/h6-9,16-17,20,26H,10-13H2,1-5H3/t16-,17-,20-,22-,23+,24-/m1/s1. The molecular weight excluding hydrogens is 350 g/mol. The van der Waals surface area contributed by atoms with Crippen LogP contribution in [0.5, 0.6) is 11.5 Å². The second-order valence-corrected chi connectivity index (χ2v) is 10.9. The summed E-state index contributed by atoms with van der Waals surface area (Å²) in [6.07, 6.45) is 7.96. The van der Waals surface area contributed by atoms with E-state index in [-0.39, 0.29) is 28.1 Å². The van der Waals surface area contributed by atoms with Gasteiger partial charge < -0.3 is 19.5 Å². The average Bonchev–Trinajstić information content (AvgIpc) is 3.03. The number of likely N-dealkylation sites (N-methyl/N-ethyl adjacent to an activating group) is 1. The largest absolute Gasteiger partial charge is 0.504 e. The Bertz CT molecular complexity index is 917. The maximum Gasteiger partial charge on any atom is 0.165 e. The Morgan fingerprint density at radius 1 is 1.25 bits per heavy atom. The molecule has 7 rings (SSSR count). The average molecular weight is 382 g/mol. The number of piperidine rings is 1. The van der Waals surface area contributed by atoms with Gasteiger partial charge in [-0.05, 0) is 49.9 Å². The number of likely N-dealkylation sites (tertiary alicyclic amines) is 1. The van der Waals surface area contributed by atoms with Gasteiger partial charge in [0.05, 0.1) is 5.41 Å². The third kappa shape index (κ3) is 1.54. The highest BCUT2D eigenvalue weighted by Gasteiger charge is 2.79. The molecule has 2 heterocycles. The monoisotopic (exact) mass is 381 g/mol. The van der Waals surface area contributed by atoms with Crippen LogP contribution in [0, 0.1) is 16.7 Å². The molecule has 0 aromatic heterocycles. The van der Waals surface area contributed by atoms with Crippen LogP contribution < -0.4 is 4.74 Å². The Labute approximate surface area is 167 Å². The van der Waals surface area contributed by atoms with Crippen LogP contribution in [0.4, 0.5) is 0 Å². The molecular formula is C24H31NO3. The Morgan fingerprint density at radius 2 is 2.04 bits per heavy atom. The molecule has 0 amide bonds. The van der Waals surface area contributed by atoms with E-state index in [1.54, 1.807) is 0 Å². The molecule has 1 saturated heterocycles. The fourth-order valence-corrected chi connectivity index (χ4v) is 8.04. The van der Waals surface area contributed by atoms with E-state index < -0.39 is 5.60 Å². The second kappa shape index (κ2) is 4.79. The lowest BCUT2D eigenvalue weighted by molar-refractivity contribution is -0.231. The van der Waals surface area contributed by atoms with Crippen LogP contribution in [-0.2, 0) is 16.6 Å². The number of hydrogen-bond donors (Lipinski definition) is 1. The van der Waals surface area contributed by atoms with Crippen LogP contribution in [0.1, 0.15) is 44.7 Å². The summed E-state index contributed by atoms with van der Waals surface area (Å²) in [4.78, 5) is 2.57. The summed E-state index contributed by atoms with van der Waals surface area (Å²) in [5, 5.41) is 10.7. The van der Waals surface area contributed by atoms with Gasteiger partial charge in [0.15, 0.2) is 11.5 Å². The molecule has 6 atom stereocenters. The molecule has 4 nitrogen and oxygen atoms in total. The number of fused-ring (bicyclic) bond motifs is 1. The lowest BCUT2D eigenvalue weighted by atomic mass is 9.35. The molecule has 2 spiro atoms. The molecule has 1 N–H and O–H groups in total. The quantitative estimate of drug-likeness (QED) is 0.754. The van der Waals surface area contributed by atoms with Gasteiger partial charge in [-0.1, -0.05) is 39.0 Å². The SMILES string of the molecule is CO[C@]12C=C[C@@]3(C[C@@H]1C(C)(C)C)[C@H]1Cc4ccc(O)c5c4[C@@]3(CCN1C)[C@H]2O5. The topological polar surface area (TPSA) is 41.9 Å². The Kier molecular flexibility index (Phi) is 2.97. The van der Waals surface area contributed by atoms with Crippen LogP contribution in [0.2, 0.25) is 0 Å². The predicted molar refractivity (Wildman–Crippen MR) is 108 cm³/mol. The van der Waals surface area contributed by atoms with Crippen molar-refractivity contribution in [1.29, 1.82) is 0 Å². The van der Waals surface area contributed by atoms with Gasteiger partial charge in [-0.3, -0.25) is 0 Å². The van der Waals surface area contributed by atoms with Crippen molar-refractivity contribution in [2.45, 2.75) is 63.2 Å². The summed E-state index contributed by atoms with van der Waals surface area (Å²) in [5.74, 6) is 1.38. The minimum absolute atomic E-state index is 0.0366. The van der Waals surface area contributed by atoms with Crippen LogP contribution in [0.15, 0.2) is 24.3 Å². The maximum atomic E-state index is 10.7. The van der Waals surface area contributed by atoms with Gasteiger partial charge in [0.25, 0.3) is 0 Å². The Morgan fingerprint density at radius 3 is 2.75 bits per heavy atom. The summed E-state index contributed by atoms with van der Waals surface area (Å²) >= 11 is 0. The number of phenolic OH excluding ortho intramolecular Hbond substituents is 1. The van der Waals surface area contributed by atoms with Crippen LogP contribution in [0.25, 0.3) is 0 Å². The number of rotatable bonds is 1. The van der Waals surface area contributed by atoms with E-state index in [4.69, 9.17) is 9.47 Å². The molecule has 150 valence electrons. The zero-order valence-corrected chi connectivity index (χ0v) is 17.6. The minimum Gasteiger partial charge on any atom is -0.504 e. The van der Waals surface area contributed by atoms with Gasteiger partial charge in [-0.25, -0.2) is 0 Å². The summed E-state index contributed by atoms with van der Waals surface area (Å²) in [6.45, 7) is 8.07. The van der Waals surface area contributed by atoms with E-state index in [1.165, 1.54) is 11.1 Å². The highest BCUT2D eigenvalue weighted by molar-refractivity contribution is 5.65. The number of ether oxygens (including phenoxy) is 2. The molecule has 28 heavy (non-hydrogen) atoms. The molecule has 4 heteroatoms. The van der Waals surface area contributed by atoms with E-state index in [9.17, 15) is 5.11 Å². The molecule has 6 aliphatic rings. The van der Waals surface area contributed by atoms with Crippen molar-refractivity contribution in [1.82, 2.24) is 4.90 Å². The maximum absolute atomic E-state index is 10.7. The summed E-state index contributed by atoms with van der Waals surface area (Å²) < 4.78 is 13.2. The van der Waals surface area contributed by atoms with Crippen LogP contribution in [-0.4, -0.2) is 48.5 Å². The van der Waals surface area contributed by atoms with Gasteiger partial charge in [0.1, 0.15) is 11.7 Å². The summed E-state index contributed by atoms with van der Waals surface area (Å²) in [6, 6.07) is 4.42. The van der Waals surface area contributed by atoms with E-state index in [0.717, 1.165) is 31.6 Å². The van der Waals surface area contributed by atoms with Crippen molar-refractivity contribution in [3.8, 4) is 11.5 Å². The fraction of sp³-hybridized carbons (Fsp3) is 0.667. The molecule has 2 fully saturated rings. The number of hydrogen-bond acceptors (Lipinski definition) is 4. The lowest BCUT2D eigenvalue weighted by Gasteiger charge is -2.72. The number of methoxy groups -OCH3 is 1. The van der Waals surface area contributed by atoms with Gasteiger partial charge in [-0.2, -0.15) is 0 Å². The lowest BCUT2D eigenvalue weighted by Crippen LogP contribution is -2.79. The number of benzene rings is 1. The first-order valence-electron chi connectivity index (χ1n) is 10.7. The first kappa shape index (κ1) is 17.3. The Balaban J connectivity index is 1.71. The summed E-state index contributed by atoms with van der Waals surface area (Å²) in [7, 11) is 4.14. The van der Waals surface area contributed by atoms with Crippen molar-refractivity contribution < 1.29 is 14.6 Å². The zero-order valence-electron chi connectivity index (χ0n) is 17.6. The van der Waals surface area contributed by atoms with E-state index in [0.29, 0.717) is 12.0 Å². The van der Waals surface area contributed by atoms with Gasteiger partial charge in [-0.15, -0.1) is 0 Å². The van der Waals surface area contributed by atoms with Gasteiger partial charge in [0.2, 0.25) is 0 Å². The third-order valence-electron chi connectivity index (χ3n) is 9.12.